The summed E-state index contributed by atoms with van der Waals surface area (Å²) in [4.78, 5) is 29.3. The van der Waals surface area contributed by atoms with Gasteiger partial charge >= 0.3 is 5.97 Å². The van der Waals surface area contributed by atoms with Crippen LogP contribution in [0.4, 0.5) is 0 Å². The van der Waals surface area contributed by atoms with Crippen molar-refractivity contribution in [2.24, 2.45) is 5.92 Å². The fraction of sp³-hybridized carbons (Fsp3) is 0.655. The first-order valence-corrected chi connectivity index (χ1v) is 16.0. The van der Waals surface area contributed by atoms with E-state index in [4.69, 9.17) is 9.47 Å². The minimum absolute atomic E-state index is 0.141. The zero-order chi connectivity index (χ0) is 28.9. The van der Waals surface area contributed by atoms with E-state index in [1.54, 1.807) is 25.1 Å². The van der Waals surface area contributed by atoms with E-state index in [0.29, 0.717) is 88.1 Å². The molecule has 1 unspecified atom stereocenters. The fourth-order valence-electron chi connectivity index (χ4n) is 5.95. The Balaban J connectivity index is 1.57. The highest BCUT2D eigenvalue weighted by molar-refractivity contribution is 7.89. The molecule has 0 bridgehead atoms. The number of hydrogen-bond donors (Lipinski definition) is 1. The number of rotatable bonds is 12. The summed E-state index contributed by atoms with van der Waals surface area (Å²) < 4.78 is 40.2. The second kappa shape index (κ2) is 13.4. The maximum Gasteiger partial charge on any atom is 0.305 e. The molecule has 1 saturated heterocycles. The number of carbonyl (C=O) groups is 2. The Kier molecular flexibility index (Phi) is 10.1. The van der Waals surface area contributed by atoms with Gasteiger partial charge in [-0.1, -0.05) is 13.8 Å². The van der Waals surface area contributed by atoms with Gasteiger partial charge in [0, 0.05) is 38.7 Å². The van der Waals surface area contributed by atoms with Crippen molar-refractivity contribution in [2.45, 2.75) is 70.2 Å². The number of esters is 1. The van der Waals surface area contributed by atoms with Gasteiger partial charge in [0.05, 0.1) is 30.8 Å². The molecule has 1 N–H and O–H groups in total. The summed E-state index contributed by atoms with van der Waals surface area (Å²) in [7, 11) is -1.83. The molecule has 1 aromatic rings. The molecule has 3 aliphatic heterocycles. The van der Waals surface area contributed by atoms with Crippen LogP contribution in [0, 0.1) is 5.92 Å². The second-order valence-corrected chi connectivity index (χ2v) is 12.8. The molecule has 3 heterocycles. The monoisotopic (exact) mass is 576 g/mol. The highest BCUT2D eigenvalue weighted by atomic mass is 32.2. The summed E-state index contributed by atoms with van der Waals surface area (Å²) in [5.74, 6) is 0.547. The Morgan fingerprint density at radius 3 is 2.55 bits per heavy atom. The average Bonchev–Trinajstić information content (AvgIpc) is 3.27. The smallest absolute Gasteiger partial charge is 0.305 e. The Labute approximate surface area is 238 Å². The zero-order valence-corrected chi connectivity index (χ0v) is 25.1. The van der Waals surface area contributed by atoms with Gasteiger partial charge in [-0.15, -0.1) is 0 Å². The molecule has 40 heavy (non-hydrogen) atoms. The first kappa shape index (κ1) is 30.3. The van der Waals surface area contributed by atoms with Gasteiger partial charge in [-0.2, -0.15) is 4.31 Å². The lowest BCUT2D eigenvalue weighted by Gasteiger charge is -2.35. The van der Waals surface area contributed by atoms with Gasteiger partial charge in [-0.25, -0.2) is 8.42 Å². The Bertz CT molecular complexity index is 1210. The highest BCUT2D eigenvalue weighted by Crippen LogP contribution is 2.40. The molecule has 3 aliphatic rings. The van der Waals surface area contributed by atoms with E-state index in [9.17, 15) is 18.0 Å². The Morgan fingerprint density at radius 1 is 1.12 bits per heavy atom. The maximum atomic E-state index is 13.8. The van der Waals surface area contributed by atoms with Gasteiger partial charge in [-0.3, -0.25) is 14.5 Å². The molecule has 1 atom stereocenters. The van der Waals surface area contributed by atoms with Crippen LogP contribution < -0.4 is 10.1 Å². The van der Waals surface area contributed by atoms with Gasteiger partial charge in [0.15, 0.2) is 0 Å². The van der Waals surface area contributed by atoms with Gasteiger partial charge in [0.2, 0.25) is 10.0 Å². The maximum absolute atomic E-state index is 13.8. The molecule has 10 nitrogen and oxygen atoms in total. The first-order chi connectivity index (χ1) is 19.2. The van der Waals surface area contributed by atoms with Crippen molar-refractivity contribution < 1.29 is 27.5 Å². The van der Waals surface area contributed by atoms with Crippen molar-refractivity contribution in [2.75, 3.05) is 53.1 Å². The SMILES string of the molecule is CCCOc1ccc(S(=O)(=O)N2CCC(CCC(=O)OCC)CC2)cc1C1NC(=O)C2=C1CN(CCC)CN2C. The molecule has 1 amide bonds. The number of ether oxygens (including phenoxy) is 2. The predicted molar refractivity (Wildman–Crippen MR) is 152 cm³/mol. The van der Waals surface area contributed by atoms with Crippen LogP contribution in [-0.2, 0) is 24.3 Å². The van der Waals surface area contributed by atoms with Crippen LogP contribution in [0.3, 0.4) is 0 Å². The third-order valence-electron chi connectivity index (χ3n) is 7.90. The number of piperidine rings is 1. The zero-order valence-electron chi connectivity index (χ0n) is 24.3. The number of nitrogens with zero attached hydrogens (tertiary/aromatic N) is 3. The summed E-state index contributed by atoms with van der Waals surface area (Å²) in [6, 6.07) is 4.57. The summed E-state index contributed by atoms with van der Waals surface area (Å²) in [6.07, 6.45) is 4.30. The van der Waals surface area contributed by atoms with Crippen molar-refractivity contribution in [1.82, 2.24) is 19.4 Å². The molecule has 222 valence electrons. The van der Waals surface area contributed by atoms with Crippen LogP contribution in [0.5, 0.6) is 5.75 Å². The summed E-state index contributed by atoms with van der Waals surface area (Å²) in [5.41, 5.74) is 2.28. The molecule has 11 heteroatoms. The number of likely N-dealkylation sites (N-methyl/N-ethyl adjacent to an activating group) is 1. The molecule has 0 aromatic heterocycles. The summed E-state index contributed by atoms with van der Waals surface area (Å²) in [6.45, 7) is 9.85. The molecule has 0 saturated carbocycles. The van der Waals surface area contributed by atoms with E-state index in [1.165, 1.54) is 4.31 Å². The molecule has 4 rings (SSSR count). The Morgan fingerprint density at radius 2 is 1.88 bits per heavy atom. The number of amides is 1. The minimum Gasteiger partial charge on any atom is -0.493 e. The van der Waals surface area contributed by atoms with Gasteiger partial charge < -0.3 is 19.7 Å². The molecule has 1 aromatic carbocycles. The largest absolute Gasteiger partial charge is 0.493 e. The molecule has 0 aliphatic carbocycles. The van der Waals surface area contributed by atoms with Crippen molar-refractivity contribution >= 4 is 21.9 Å². The van der Waals surface area contributed by atoms with Crippen LogP contribution in [-0.4, -0.2) is 87.5 Å². The van der Waals surface area contributed by atoms with Crippen LogP contribution in [0.15, 0.2) is 34.4 Å². The van der Waals surface area contributed by atoms with E-state index < -0.39 is 16.1 Å². The number of sulfonamides is 1. The molecular weight excluding hydrogens is 532 g/mol. The summed E-state index contributed by atoms with van der Waals surface area (Å²) >= 11 is 0. The number of benzene rings is 1. The highest BCUT2D eigenvalue weighted by Gasteiger charge is 2.40. The lowest BCUT2D eigenvalue weighted by molar-refractivity contribution is -0.143. The van der Waals surface area contributed by atoms with Crippen molar-refractivity contribution in [1.29, 1.82) is 0 Å². The summed E-state index contributed by atoms with van der Waals surface area (Å²) in [5, 5.41) is 3.11. The van der Waals surface area contributed by atoms with Crippen molar-refractivity contribution in [3.8, 4) is 5.75 Å². The molecule has 1 fully saturated rings. The van der Waals surface area contributed by atoms with Crippen LogP contribution in [0.25, 0.3) is 0 Å². The lowest BCUT2D eigenvalue weighted by atomic mass is 9.93. The molecule has 0 radical (unpaired) electrons. The van der Waals surface area contributed by atoms with Gasteiger partial charge in [-0.05, 0) is 75.3 Å². The van der Waals surface area contributed by atoms with Crippen LogP contribution in [0.1, 0.15) is 70.9 Å². The van der Waals surface area contributed by atoms with Gasteiger partial charge in [0.1, 0.15) is 11.4 Å². The number of nitrogens with one attached hydrogen (secondary N) is 1. The quantitative estimate of drug-likeness (QED) is 0.378. The second-order valence-electron chi connectivity index (χ2n) is 10.9. The van der Waals surface area contributed by atoms with Crippen molar-refractivity contribution in [3.63, 3.8) is 0 Å². The first-order valence-electron chi connectivity index (χ1n) is 14.6. The van der Waals surface area contributed by atoms with Gasteiger partial charge in [0.25, 0.3) is 5.91 Å². The van der Waals surface area contributed by atoms with E-state index in [-0.39, 0.29) is 16.8 Å². The number of carbonyl (C=O) groups excluding carboxylic acids is 2. The predicted octanol–water partition coefficient (Wildman–Crippen LogP) is 3.26. The topological polar surface area (TPSA) is 108 Å². The van der Waals surface area contributed by atoms with Crippen LogP contribution >= 0.6 is 0 Å². The third-order valence-corrected chi connectivity index (χ3v) is 9.79. The van der Waals surface area contributed by atoms with E-state index in [1.807, 2.05) is 18.9 Å². The number of hydrogen-bond acceptors (Lipinski definition) is 8. The third kappa shape index (κ3) is 6.63. The average molecular weight is 577 g/mol. The fourth-order valence-corrected chi connectivity index (χ4v) is 7.45. The Hall–Kier alpha value is -2.63. The molecular formula is C29H44N4O6S. The standard InChI is InChI=1S/C29H44N4O6S/c1-5-14-32-19-24-27(30-29(35)28(24)31(4)20-32)23-18-22(9-10-25(23)39-17-6-2)40(36,37)33-15-12-21(13-16-33)8-11-26(34)38-7-3/h9-10,18,21,27H,5-8,11-17,19-20H2,1-4H3,(H,30,35). The lowest BCUT2D eigenvalue weighted by Crippen LogP contribution is -2.43. The van der Waals surface area contributed by atoms with Crippen LogP contribution in [0.2, 0.25) is 0 Å². The van der Waals surface area contributed by atoms with Crippen molar-refractivity contribution in [3.05, 3.63) is 35.0 Å². The minimum atomic E-state index is -3.75. The van der Waals surface area contributed by atoms with E-state index >= 15 is 0 Å². The molecule has 0 spiro atoms. The van der Waals surface area contributed by atoms with E-state index in [2.05, 4.69) is 17.1 Å². The normalized spacial score (nSPS) is 20.9. The van der Waals surface area contributed by atoms with E-state index in [0.717, 1.165) is 25.0 Å².